The smallest absolute Gasteiger partial charge is 0.108 e. The Hall–Kier alpha value is -0.590. The summed E-state index contributed by atoms with van der Waals surface area (Å²) in [6.07, 6.45) is 5.32. The maximum absolute atomic E-state index is 8.98. The topological polar surface area (TPSA) is 39.1 Å². The summed E-state index contributed by atoms with van der Waals surface area (Å²) in [4.78, 5) is 2.43. The first-order valence-electron chi connectivity index (χ1n) is 6.65. The van der Waals surface area contributed by atoms with E-state index >= 15 is 0 Å². The van der Waals surface area contributed by atoms with E-state index in [2.05, 4.69) is 30.1 Å². The number of nitriles is 1. The van der Waals surface area contributed by atoms with Crippen LogP contribution < -0.4 is 5.32 Å². The van der Waals surface area contributed by atoms with Crippen LogP contribution in [0.15, 0.2) is 0 Å². The molecule has 3 heteroatoms. The molecule has 0 saturated carbocycles. The van der Waals surface area contributed by atoms with Crippen LogP contribution in [0.25, 0.3) is 0 Å². The summed E-state index contributed by atoms with van der Waals surface area (Å²) >= 11 is 0. The van der Waals surface area contributed by atoms with Crippen LogP contribution in [0.4, 0.5) is 0 Å². The van der Waals surface area contributed by atoms with E-state index in [1.807, 2.05) is 0 Å². The van der Waals surface area contributed by atoms with E-state index in [0.717, 1.165) is 19.0 Å². The number of nitrogens with one attached hydrogen (secondary N) is 1. The molecule has 0 aromatic carbocycles. The van der Waals surface area contributed by atoms with Gasteiger partial charge < -0.3 is 10.2 Å². The zero-order chi connectivity index (χ0) is 11.8. The van der Waals surface area contributed by atoms with Crippen LogP contribution in [-0.2, 0) is 0 Å². The lowest BCUT2D eigenvalue weighted by molar-refractivity contribution is 0.171. The van der Waals surface area contributed by atoms with Crippen molar-refractivity contribution in [2.24, 2.45) is 5.92 Å². The molecule has 1 aliphatic heterocycles. The van der Waals surface area contributed by atoms with Crippen molar-refractivity contribution in [2.45, 2.75) is 45.6 Å². The Labute approximate surface area is 99.8 Å². The fourth-order valence-electron chi connectivity index (χ4n) is 2.52. The van der Waals surface area contributed by atoms with Gasteiger partial charge in [0.05, 0.1) is 6.07 Å². The summed E-state index contributed by atoms with van der Waals surface area (Å²) in [6, 6.07) is 2.34. The predicted molar refractivity (Wildman–Crippen MR) is 67.1 cm³/mol. The van der Waals surface area contributed by atoms with Gasteiger partial charge in [-0.25, -0.2) is 0 Å². The molecule has 0 radical (unpaired) electrons. The number of rotatable bonds is 6. The molecule has 3 nitrogen and oxygen atoms in total. The highest BCUT2D eigenvalue weighted by Gasteiger charge is 2.20. The molecule has 0 aromatic heterocycles. The SMILES string of the molecule is CCCC1CCN(CC(C#N)NCC)CC1. The number of hydrogen-bond acceptors (Lipinski definition) is 3. The molecule has 0 aromatic rings. The number of likely N-dealkylation sites (N-methyl/N-ethyl adjacent to an activating group) is 1. The van der Waals surface area contributed by atoms with Gasteiger partial charge in [-0.15, -0.1) is 0 Å². The van der Waals surface area contributed by atoms with E-state index in [1.165, 1.54) is 38.8 Å². The molecule has 92 valence electrons. The van der Waals surface area contributed by atoms with Crippen LogP contribution in [-0.4, -0.2) is 37.1 Å². The summed E-state index contributed by atoms with van der Waals surface area (Å²) in [5.41, 5.74) is 0. The molecular weight excluding hydrogens is 198 g/mol. The number of piperidine rings is 1. The molecular formula is C13H25N3. The first kappa shape index (κ1) is 13.5. The third-order valence-electron chi connectivity index (χ3n) is 3.45. The second kappa shape index (κ2) is 7.65. The molecule has 0 aliphatic carbocycles. The number of hydrogen-bond donors (Lipinski definition) is 1. The third kappa shape index (κ3) is 4.51. The first-order chi connectivity index (χ1) is 7.80. The third-order valence-corrected chi connectivity index (χ3v) is 3.45. The minimum Gasteiger partial charge on any atom is -0.301 e. The Morgan fingerprint density at radius 1 is 1.38 bits per heavy atom. The van der Waals surface area contributed by atoms with Gasteiger partial charge in [0.1, 0.15) is 6.04 Å². The van der Waals surface area contributed by atoms with E-state index in [-0.39, 0.29) is 6.04 Å². The van der Waals surface area contributed by atoms with Crippen LogP contribution in [0.1, 0.15) is 39.5 Å². The van der Waals surface area contributed by atoms with Gasteiger partial charge in [-0.3, -0.25) is 0 Å². The minimum atomic E-state index is 0.00715. The molecule has 1 saturated heterocycles. The van der Waals surface area contributed by atoms with Crippen molar-refractivity contribution < 1.29 is 0 Å². The van der Waals surface area contributed by atoms with Crippen LogP contribution in [0, 0.1) is 17.2 Å². The zero-order valence-electron chi connectivity index (χ0n) is 10.7. The molecule has 0 bridgehead atoms. The van der Waals surface area contributed by atoms with Gasteiger partial charge in [0, 0.05) is 6.54 Å². The van der Waals surface area contributed by atoms with Crippen molar-refractivity contribution in [3.8, 4) is 6.07 Å². The van der Waals surface area contributed by atoms with E-state index in [1.54, 1.807) is 0 Å². The van der Waals surface area contributed by atoms with Crippen LogP contribution in [0.5, 0.6) is 0 Å². The molecule has 1 fully saturated rings. The molecule has 1 rings (SSSR count). The highest BCUT2D eigenvalue weighted by atomic mass is 15.2. The molecule has 0 spiro atoms. The predicted octanol–water partition coefficient (Wildman–Crippen LogP) is 2.00. The molecule has 1 heterocycles. The number of likely N-dealkylation sites (tertiary alicyclic amines) is 1. The molecule has 1 aliphatic rings. The Morgan fingerprint density at radius 2 is 2.06 bits per heavy atom. The van der Waals surface area contributed by atoms with Gasteiger partial charge in [-0.2, -0.15) is 5.26 Å². The maximum atomic E-state index is 8.98. The van der Waals surface area contributed by atoms with Crippen LogP contribution in [0.2, 0.25) is 0 Å². The second-order valence-corrected chi connectivity index (χ2v) is 4.77. The summed E-state index contributed by atoms with van der Waals surface area (Å²) in [5.74, 6) is 0.931. The van der Waals surface area contributed by atoms with Crippen molar-refractivity contribution in [1.29, 1.82) is 5.26 Å². The maximum Gasteiger partial charge on any atom is 0.108 e. The van der Waals surface area contributed by atoms with E-state index < -0.39 is 0 Å². The summed E-state index contributed by atoms with van der Waals surface area (Å²) in [6.45, 7) is 8.44. The highest BCUT2D eigenvalue weighted by molar-refractivity contribution is 4.92. The van der Waals surface area contributed by atoms with Gasteiger partial charge in [-0.05, 0) is 38.4 Å². The normalized spacial score (nSPS) is 20.6. The summed E-state index contributed by atoms with van der Waals surface area (Å²) < 4.78 is 0. The molecule has 1 atom stereocenters. The van der Waals surface area contributed by atoms with Crippen molar-refractivity contribution in [3.05, 3.63) is 0 Å². The average Bonchev–Trinajstić information content (AvgIpc) is 2.31. The van der Waals surface area contributed by atoms with Crippen LogP contribution >= 0.6 is 0 Å². The van der Waals surface area contributed by atoms with Gasteiger partial charge in [0.2, 0.25) is 0 Å². The Balaban J connectivity index is 2.23. The standard InChI is InChI=1S/C13H25N3/c1-3-5-12-6-8-16(9-7-12)11-13(10-14)15-4-2/h12-13,15H,3-9,11H2,1-2H3. The Bertz CT molecular complexity index is 214. The summed E-state index contributed by atoms with van der Waals surface area (Å²) in [7, 11) is 0. The summed E-state index contributed by atoms with van der Waals surface area (Å²) in [5, 5.41) is 12.2. The van der Waals surface area contributed by atoms with E-state index in [0.29, 0.717) is 0 Å². The first-order valence-corrected chi connectivity index (χ1v) is 6.65. The average molecular weight is 223 g/mol. The van der Waals surface area contributed by atoms with Gasteiger partial charge >= 0.3 is 0 Å². The zero-order valence-corrected chi connectivity index (χ0v) is 10.7. The van der Waals surface area contributed by atoms with Gasteiger partial charge in [-0.1, -0.05) is 26.7 Å². The Kier molecular flexibility index (Phi) is 6.44. The van der Waals surface area contributed by atoms with Gasteiger partial charge in [0.25, 0.3) is 0 Å². The molecule has 0 amide bonds. The van der Waals surface area contributed by atoms with E-state index in [4.69, 9.17) is 5.26 Å². The van der Waals surface area contributed by atoms with Crippen molar-refractivity contribution in [3.63, 3.8) is 0 Å². The largest absolute Gasteiger partial charge is 0.301 e. The fourth-order valence-corrected chi connectivity index (χ4v) is 2.52. The van der Waals surface area contributed by atoms with Crippen molar-refractivity contribution in [1.82, 2.24) is 10.2 Å². The fraction of sp³-hybridized carbons (Fsp3) is 0.923. The van der Waals surface area contributed by atoms with Crippen LogP contribution in [0.3, 0.4) is 0 Å². The lowest BCUT2D eigenvalue weighted by Crippen LogP contribution is -2.43. The van der Waals surface area contributed by atoms with E-state index in [9.17, 15) is 0 Å². The molecule has 1 unspecified atom stereocenters. The molecule has 16 heavy (non-hydrogen) atoms. The van der Waals surface area contributed by atoms with Gasteiger partial charge in [0.15, 0.2) is 0 Å². The Morgan fingerprint density at radius 3 is 2.56 bits per heavy atom. The monoisotopic (exact) mass is 223 g/mol. The van der Waals surface area contributed by atoms with Crippen molar-refractivity contribution >= 4 is 0 Å². The van der Waals surface area contributed by atoms with Crippen molar-refractivity contribution in [2.75, 3.05) is 26.2 Å². The minimum absolute atomic E-state index is 0.00715. The lowest BCUT2D eigenvalue weighted by Gasteiger charge is -2.32. The quantitative estimate of drug-likeness (QED) is 0.748. The second-order valence-electron chi connectivity index (χ2n) is 4.77. The number of nitrogens with zero attached hydrogens (tertiary/aromatic N) is 2. The molecule has 1 N–H and O–H groups in total. The highest BCUT2D eigenvalue weighted by Crippen LogP contribution is 2.21. The lowest BCUT2D eigenvalue weighted by atomic mass is 9.92.